The third-order valence-electron chi connectivity index (χ3n) is 2.88. The van der Waals surface area contributed by atoms with Crippen molar-refractivity contribution in [1.82, 2.24) is 5.32 Å². The molecule has 1 aliphatic heterocycles. The Morgan fingerprint density at radius 3 is 2.31 bits per heavy atom. The van der Waals surface area contributed by atoms with Crippen LogP contribution in [0.3, 0.4) is 0 Å². The van der Waals surface area contributed by atoms with Gasteiger partial charge in [0, 0.05) is 12.6 Å². The van der Waals surface area contributed by atoms with E-state index in [1.54, 1.807) is 0 Å². The number of hydrogen-bond acceptors (Lipinski definition) is 2. The van der Waals surface area contributed by atoms with E-state index in [1.807, 2.05) is 20.8 Å². The smallest absolute Gasteiger partial charge is 0.249 e. The minimum Gasteiger partial charge on any atom is -0.368 e. The van der Waals surface area contributed by atoms with Gasteiger partial charge in [0.15, 0.2) is 0 Å². The van der Waals surface area contributed by atoms with Crippen molar-refractivity contribution >= 4 is 5.91 Å². The maximum atomic E-state index is 11.7. The first-order chi connectivity index (χ1) is 7.41. The van der Waals surface area contributed by atoms with E-state index in [9.17, 15) is 4.79 Å². The van der Waals surface area contributed by atoms with Crippen molar-refractivity contribution in [1.29, 1.82) is 0 Å². The molecule has 1 N–H and O–H groups in total. The lowest BCUT2D eigenvalue weighted by atomic mass is 9.88. The third kappa shape index (κ3) is 4.97. The Labute approximate surface area is 99.9 Å². The van der Waals surface area contributed by atoms with Gasteiger partial charge >= 0.3 is 0 Å². The number of hydrogen-bond donors (Lipinski definition) is 1. The van der Waals surface area contributed by atoms with Crippen LogP contribution in [0.25, 0.3) is 0 Å². The molecule has 0 aliphatic carbocycles. The number of ether oxygens (including phenoxy) is 1. The van der Waals surface area contributed by atoms with Crippen LogP contribution in [0, 0.1) is 5.41 Å². The summed E-state index contributed by atoms with van der Waals surface area (Å²) < 4.78 is 5.32. The number of carbonyl (C=O) groups is 1. The average Bonchev–Trinajstić information content (AvgIpc) is 2.72. The second-order valence-electron chi connectivity index (χ2n) is 5.10. The Hall–Kier alpha value is -0.570. The Morgan fingerprint density at radius 1 is 1.38 bits per heavy atom. The highest BCUT2D eigenvalue weighted by Gasteiger charge is 2.28. The molecule has 1 amide bonds. The first kappa shape index (κ1) is 15.4. The van der Waals surface area contributed by atoms with Crippen LogP contribution in [0.2, 0.25) is 0 Å². The average molecular weight is 229 g/mol. The third-order valence-corrected chi connectivity index (χ3v) is 2.88. The molecular weight excluding hydrogens is 202 g/mol. The van der Waals surface area contributed by atoms with Gasteiger partial charge in [-0.25, -0.2) is 0 Å². The van der Waals surface area contributed by atoms with Crippen LogP contribution in [0.15, 0.2) is 0 Å². The number of nitrogens with one attached hydrogen (secondary N) is 1. The molecular formula is C13H27NO2. The van der Waals surface area contributed by atoms with E-state index < -0.39 is 0 Å². The lowest BCUT2D eigenvalue weighted by Crippen LogP contribution is -2.45. The van der Waals surface area contributed by atoms with E-state index in [1.165, 1.54) is 0 Å². The highest BCUT2D eigenvalue weighted by Crippen LogP contribution is 2.19. The summed E-state index contributed by atoms with van der Waals surface area (Å²) in [5, 5.41) is 3.00. The summed E-state index contributed by atoms with van der Waals surface area (Å²) in [4.78, 5) is 11.7. The monoisotopic (exact) mass is 229 g/mol. The molecule has 0 aromatic rings. The van der Waals surface area contributed by atoms with Crippen molar-refractivity contribution in [2.45, 2.75) is 66.5 Å². The lowest BCUT2D eigenvalue weighted by molar-refractivity contribution is -0.131. The fourth-order valence-corrected chi connectivity index (χ4v) is 1.31. The molecule has 1 saturated heterocycles. The van der Waals surface area contributed by atoms with Crippen molar-refractivity contribution in [3.05, 3.63) is 0 Å². The summed E-state index contributed by atoms with van der Waals surface area (Å²) in [6.07, 6.45) is 1.66. The Kier molecular flexibility index (Phi) is 6.65. The Balaban J connectivity index is 0.00000106. The minimum atomic E-state index is -0.209. The molecule has 2 atom stereocenters. The van der Waals surface area contributed by atoms with Crippen molar-refractivity contribution in [3.8, 4) is 0 Å². The van der Waals surface area contributed by atoms with Crippen LogP contribution < -0.4 is 5.32 Å². The Bertz CT molecular complexity index is 202. The second kappa shape index (κ2) is 6.89. The molecule has 0 radical (unpaired) electrons. The van der Waals surface area contributed by atoms with Crippen molar-refractivity contribution < 1.29 is 9.53 Å². The summed E-state index contributed by atoms with van der Waals surface area (Å²) in [7, 11) is 0. The highest BCUT2D eigenvalue weighted by atomic mass is 16.5. The molecule has 1 heterocycles. The zero-order valence-corrected chi connectivity index (χ0v) is 11.6. The molecule has 1 aliphatic rings. The van der Waals surface area contributed by atoms with Gasteiger partial charge in [-0.1, -0.05) is 34.6 Å². The topological polar surface area (TPSA) is 38.3 Å². The van der Waals surface area contributed by atoms with Crippen LogP contribution >= 0.6 is 0 Å². The maximum Gasteiger partial charge on any atom is 0.249 e. The first-order valence-corrected chi connectivity index (χ1v) is 6.33. The molecule has 1 fully saturated rings. The van der Waals surface area contributed by atoms with Gasteiger partial charge in [0.05, 0.1) is 0 Å². The zero-order valence-electron chi connectivity index (χ0n) is 11.6. The van der Waals surface area contributed by atoms with Gasteiger partial charge < -0.3 is 10.1 Å². The van der Waals surface area contributed by atoms with Crippen LogP contribution in [0.1, 0.15) is 54.4 Å². The van der Waals surface area contributed by atoms with Gasteiger partial charge in [-0.2, -0.15) is 0 Å². The van der Waals surface area contributed by atoms with Crippen LogP contribution in [-0.2, 0) is 9.53 Å². The van der Waals surface area contributed by atoms with E-state index >= 15 is 0 Å². The SMILES string of the molecule is CC.CC(NC(=O)C1CCCO1)C(C)(C)C. The van der Waals surface area contributed by atoms with Gasteiger partial charge in [-0.05, 0) is 25.2 Å². The van der Waals surface area contributed by atoms with Gasteiger partial charge in [0.1, 0.15) is 6.10 Å². The van der Waals surface area contributed by atoms with E-state index in [4.69, 9.17) is 4.74 Å². The first-order valence-electron chi connectivity index (χ1n) is 6.33. The largest absolute Gasteiger partial charge is 0.368 e. The number of rotatable bonds is 2. The molecule has 3 nitrogen and oxygen atoms in total. The van der Waals surface area contributed by atoms with Crippen molar-refractivity contribution in [2.24, 2.45) is 5.41 Å². The highest BCUT2D eigenvalue weighted by molar-refractivity contribution is 5.81. The summed E-state index contributed by atoms with van der Waals surface area (Å²) in [5.41, 5.74) is 0.105. The maximum absolute atomic E-state index is 11.7. The van der Waals surface area contributed by atoms with E-state index in [0.29, 0.717) is 0 Å². The molecule has 0 spiro atoms. The number of carbonyl (C=O) groups excluding carboxylic acids is 1. The summed E-state index contributed by atoms with van der Waals surface area (Å²) in [5.74, 6) is 0.0462. The molecule has 2 unspecified atom stereocenters. The predicted octanol–water partition coefficient (Wildman–Crippen LogP) is 2.74. The fourth-order valence-electron chi connectivity index (χ4n) is 1.31. The van der Waals surface area contributed by atoms with Crippen LogP contribution in [0.4, 0.5) is 0 Å². The fraction of sp³-hybridized carbons (Fsp3) is 0.923. The molecule has 96 valence electrons. The van der Waals surface area contributed by atoms with Gasteiger partial charge in [-0.15, -0.1) is 0 Å². The Morgan fingerprint density at radius 2 is 1.94 bits per heavy atom. The van der Waals surface area contributed by atoms with Gasteiger partial charge in [0.25, 0.3) is 0 Å². The molecule has 1 rings (SSSR count). The van der Waals surface area contributed by atoms with Gasteiger partial charge in [-0.3, -0.25) is 4.79 Å². The second-order valence-corrected chi connectivity index (χ2v) is 5.10. The summed E-state index contributed by atoms with van der Waals surface area (Å²) in [6, 6.07) is 0.180. The lowest BCUT2D eigenvalue weighted by Gasteiger charge is -2.28. The molecule has 16 heavy (non-hydrogen) atoms. The minimum absolute atomic E-state index is 0.0462. The zero-order chi connectivity index (χ0) is 12.8. The standard InChI is InChI=1S/C11H21NO2.C2H6/c1-8(11(2,3)4)12-10(13)9-6-5-7-14-9;1-2/h8-9H,5-7H2,1-4H3,(H,12,13);1-2H3. The van der Waals surface area contributed by atoms with Crippen LogP contribution in [-0.4, -0.2) is 24.7 Å². The van der Waals surface area contributed by atoms with Gasteiger partial charge in [0.2, 0.25) is 5.91 Å². The molecule has 0 saturated carbocycles. The van der Waals surface area contributed by atoms with Crippen molar-refractivity contribution in [2.75, 3.05) is 6.61 Å². The molecule has 3 heteroatoms. The molecule has 0 aromatic carbocycles. The quantitative estimate of drug-likeness (QED) is 0.790. The normalized spacial score (nSPS) is 22.0. The predicted molar refractivity (Wildman–Crippen MR) is 67.4 cm³/mol. The van der Waals surface area contributed by atoms with E-state index in [-0.39, 0.29) is 23.5 Å². The van der Waals surface area contributed by atoms with E-state index in [0.717, 1.165) is 19.4 Å². The summed E-state index contributed by atoms with van der Waals surface area (Å²) >= 11 is 0. The number of amides is 1. The van der Waals surface area contributed by atoms with E-state index in [2.05, 4.69) is 26.1 Å². The molecule has 0 bridgehead atoms. The summed E-state index contributed by atoms with van der Waals surface area (Å²) in [6.45, 7) is 13.1. The van der Waals surface area contributed by atoms with Crippen LogP contribution in [0.5, 0.6) is 0 Å². The molecule has 0 aromatic heterocycles. The van der Waals surface area contributed by atoms with Crippen molar-refractivity contribution in [3.63, 3.8) is 0 Å².